The van der Waals surface area contributed by atoms with Gasteiger partial charge in [0.25, 0.3) is 0 Å². The molecule has 0 N–H and O–H groups in total. The second kappa shape index (κ2) is 3.27. The lowest BCUT2D eigenvalue weighted by atomic mass is 10.0. The van der Waals surface area contributed by atoms with Crippen molar-refractivity contribution in [3.8, 4) is 0 Å². The van der Waals surface area contributed by atoms with Crippen molar-refractivity contribution in [2.24, 2.45) is 11.8 Å². The summed E-state index contributed by atoms with van der Waals surface area (Å²) < 4.78 is 5.68. The van der Waals surface area contributed by atoms with Crippen molar-refractivity contribution < 1.29 is 4.42 Å². The van der Waals surface area contributed by atoms with E-state index in [-0.39, 0.29) is 0 Å². The maximum absolute atomic E-state index is 5.68. The van der Waals surface area contributed by atoms with E-state index in [4.69, 9.17) is 16.0 Å². The summed E-state index contributed by atoms with van der Waals surface area (Å²) in [4.78, 5) is 4.24. The molecule has 2 saturated carbocycles. The third-order valence-corrected chi connectivity index (χ3v) is 3.71. The summed E-state index contributed by atoms with van der Waals surface area (Å²) in [5, 5.41) is 0. The van der Waals surface area contributed by atoms with Crippen LogP contribution in [0.5, 0.6) is 0 Å². The van der Waals surface area contributed by atoms with Crippen molar-refractivity contribution in [1.29, 1.82) is 0 Å². The van der Waals surface area contributed by atoms with E-state index in [0.717, 1.165) is 29.9 Å². The Morgan fingerprint density at radius 3 is 2.86 bits per heavy atom. The van der Waals surface area contributed by atoms with E-state index in [1.807, 2.05) is 6.20 Å². The van der Waals surface area contributed by atoms with Crippen LogP contribution < -0.4 is 0 Å². The summed E-state index contributed by atoms with van der Waals surface area (Å²) in [6.07, 6.45) is 6.75. The normalized spacial score (nSPS) is 34.5. The Bertz CT molecular complexity index is 326. The van der Waals surface area contributed by atoms with Crippen LogP contribution in [0.4, 0.5) is 0 Å². The average Bonchev–Trinajstić information content (AvgIpc) is 2.68. The zero-order chi connectivity index (χ0) is 9.54. The molecule has 2 nitrogen and oxygen atoms in total. The summed E-state index contributed by atoms with van der Waals surface area (Å²) in [5.41, 5.74) is 0. The minimum absolute atomic E-state index is 0.593. The molecular formula is C11H14ClNO. The first-order chi connectivity index (χ1) is 6.86. The maximum atomic E-state index is 5.68. The Balaban J connectivity index is 1.70. The first-order valence-corrected chi connectivity index (χ1v) is 5.91. The highest BCUT2D eigenvalue weighted by atomic mass is 35.5. The highest BCUT2D eigenvalue weighted by Gasteiger charge is 2.47. The van der Waals surface area contributed by atoms with Crippen molar-refractivity contribution in [1.82, 2.24) is 4.98 Å². The number of hydrogen-bond donors (Lipinski definition) is 0. The van der Waals surface area contributed by atoms with E-state index in [9.17, 15) is 0 Å². The topological polar surface area (TPSA) is 26.0 Å². The smallest absolute Gasteiger partial charge is 0.195 e. The molecule has 2 aliphatic carbocycles. The molecule has 0 aromatic carbocycles. The Hall–Kier alpha value is -0.500. The monoisotopic (exact) mass is 211 g/mol. The Kier molecular flexibility index (Phi) is 2.05. The highest BCUT2D eigenvalue weighted by molar-refractivity contribution is 6.17. The van der Waals surface area contributed by atoms with Crippen LogP contribution in [0.2, 0.25) is 0 Å². The second-order valence-corrected chi connectivity index (χ2v) is 4.90. The van der Waals surface area contributed by atoms with Gasteiger partial charge in [0.1, 0.15) is 5.76 Å². The van der Waals surface area contributed by atoms with E-state index in [1.165, 1.54) is 19.3 Å². The fourth-order valence-electron chi connectivity index (χ4n) is 2.66. The van der Waals surface area contributed by atoms with Gasteiger partial charge in [0.15, 0.2) is 5.89 Å². The molecule has 2 atom stereocenters. The fraction of sp³-hybridized carbons (Fsp3) is 0.727. The van der Waals surface area contributed by atoms with Crippen molar-refractivity contribution in [2.45, 2.75) is 31.6 Å². The van der Waals surface area contributed by atoms with E-state index in [2.05, 4.69) is 4.98 Å². The zero-order valence-corrected chi connectivity index (χ0v) is 8.83. The van der Waals surface area contributed by atoms with Crippen LogP contribution in [0.3, 0.4) is 0 Å². The molecule has 0 saturated heterocycles. The maximum Gasteiger partial charge on any atom is 0.195 e. The molecular weight excluding hydrogens is 198 g/mol. The minimum Gasteiger partial charge on any atom is -0.445 e. The predicted molar refractivity (Wildman–Crippen MR) is 54.5 cm³/mol. The summed E-state index contributed by atoms with van der Waals surface area (Å²) >= 11 is 5.64. The van der Waals surface area contributed by atoms with Crippen molar-refractivity contribution >= 4 is 11.6 Å². The number of oxazole rings is 1. The minimum atomic E-state index is 0.593. The van der Waals surface area contributed by atoms with Gasteiger partial charge in [-0.3, -0.25) is 0 Å². The first kappa shape index (κ1) is 8.78. The molecule has 3 rings (SSSR count). The molecule has 0 bridgehead atoms. The Morgan fingerprint density at radius 2 is 2.14 bits per heavy atom. The van der Waals surface area contributed by atoms with Gasteiger partial charge < -0.3 is 4.42 Å². The number of alkyl halides is 1. The largest absolute Gasteiger partial charge is 0.445 e. The molecule has 14 heavy (non-hydrogen) atoms. The van der Waals surface area contributed by atoms with Crippen LogP contribution in [0.25, 0.3) is 0 Å². The number of hydrogen-bond acceptors (Lipinski definition) is 2. The zero-order valence-electron chi connectivity index (χ0n) is 8.08. The second-order valence-electron chi connectivity index (χ2n) is 4.52. The third-order valence-electron chi connectivity index (χ3n) is 3.53. The molecule has 3 heteroatoms. The summed E-state index contributed by atoms with van der Waals surface area (Å²) in [5.74, 6) is 5.14. The number of rotatable bonds is 3. The molecule has 1 heterocycles. The molecule has 0 spiro atoms. The fourth-order valence-corrected chi connectivity index (χ4v) is 2.82. The van der Waals surface area contributed by atoms with Crippen LogP contribution in [-0.4, -0.2) is 10.9 Å². The van der Waals surface area contributed by atoms with Gasteiger partial charge in [-0.2, -0.15) is 0 Å². The number of halogens is 1. The van der Waals surface area contributed by atoms with Crippen LogP contribution in [0.15, 0.2) is 10.6 Å². The lowest BCUT2D eigenvalue weighted by Crippen LogP contribution is -1.93. The molecule has 0 aliphatic heterocycles. The van der Waals surface area contributed by atoms with Crippen molar-refractivity contribution in [3.05, 3.63) is 17.8 Å². The van der Waals surface area contributed by atoms with E-state index < -0.39 is 0 Å². The van der Waals surface area contributed by atoms with Gasteiger partial charge in [-0.05, 0) is 31.1 Å². The van der Waals surface area contributed by atoms with E-state index >= 15 is 0 Å². The molecule has 2 fully saturated rings. The van der Waals surface area contributed by atoms with E-state index in [1.54, 1.807) is 0 Å². The van der Waals surface area contributed by atoms with E-state index in [0.29, 0.717) is 11.8 Å². The molecule has 0 amide bonds. The molecule has 76 valence electrons. The van der Waals surface area contributed by atoms with Gasteiger partial charge in [0, 0.05) is 18.2 Å². The van der Waals surface area contributed by atoms with Crippen molar-refractivity contribution in [3.63, 3.8) is 0 Å². The summed E-state index contributed by atoms with van der Waals surface area (Å²) in [7, 11) is 0. The molecule has 0 radical (unpaired) electrons. The lowest BCUT2D eigenvalue weighted by molar-refractivity contribution is 0.415. The summed E-state index contributed by atoms with van der Waals surface area (Å²) in [6, 6.07) is 0. The number of aryl methyl sites for hydroxylation is 1. The number of nitrogens with zero attached hydrogens (tertiary/aromatic N) is 1. The summed E-state index contributed by atoms with van der Waals surface area (Å²) in [6.45, 7) is 0. The Morgan fingerprint density at radius 1 is 1.36 bits per heavy atom. The van der Waals surface area contributed by atoms with Crippen LogP contribution >= 0.6 is 11.6 Å². The lowest BCUT2D eigenvalue weighted by Gasteiger charge is -2.06. The van der Waals surface area contributed by atoms with Crippen LogP contribution in [0, 0.1) is 11.8 Å². The molecule has 1 aromatic heterocycles. The highest BCUT2D eigenvalue weighted by Crippen LogP contribution is 2.57. The van der Waals surface area contributed by atoms with Gasteiger partial charge in [-0.1, -0.05) is 0 Å². The predicted octanol–water partition coefficient (Wildman–Crippen LogP) is 2.97. The molecule has 2 aliphatic rings. The average molecular weight is 212 g/mol. The molecule has 2 unspecified atom stereocenters. The first-order valence-electron chi connectivity index (χ1n) is 5.37. The van der Waals surface area contributed by atoms with Gasteiger partial charge in [-0.25, -0.2) is 4.98 Å². The standard InChI is InChI=1S/C11H14ClNO/c12-2-1-11-13-6-10(14-11)9-4-7-3-8(7)5-9/h6-9H,1-5H2. The van der Waals surface area contributed by atoms with Gasteiger partial charge >= 0.3 is 0 Å². The van der Waals surface area contributed by atoms with Crippen molar-refractivity contribution in [2.75, 3.05) is 5.88 Å². The van der Waals surface area contributed by atoms with Crippen LogP contribution in [-0.2, 0) is 6.42 Å². The van der Waals surface area contributed by atoms with Gasteiger partial charge in [0.2, 0.25) is 0 Å². The number of fused-ring (bicyclic) bond motifs is 1. The quantitative estimate of drug-likeness (QED) is 0.719. The van der Waals surface area contributed by atoms with Crippen LogP contribution in [0.1, 0.15) is 36.8 Å². The van der Waals surface area contributed by atoms with Gasteiger partial charge in [-0.15, -0.1) is 11.6 Å². The third kappa shape index (κ3) is 1.46. The Labute approximate surface area is 88.7 Å². The van der Waals surface area contributed by atoms with Gasteiger partial charge in [0.05, 0.1) is 6.20 Å². The number of aromatic nitrogens is 1. The SMILES string of the molecule is ClCCc1ncc(C2CC3CC3C2)o1. The molecule has 1 aromatic rings.